The average molecular weight is 500 g/mol. The Hall–Kier alpha value is -3.32. The highest BCUT2D eigenvalue weighted by atomic mass is 15.2. The van der Waals surface area contributed by atoms with Crippen LogP contribution in [0.15, 0.2) is 91.0 Å². The lowest BCUT2D eigenvalue weighted by Crippen LogP contribution is -2.38. The van der Waals surface area contributed by atoms with Gasteiger partial charge in [-0.05, 0) is 103 Å². The van der Waals surface area contributed by atoms with Gasteiger partial charge in [0.25, 0.3) is 0 Å². The molecule has 1 fully saturated rings. The van der Waals surface area contributed by atoms with Crippen LogP contribution in [0.25, 0.3) is 22.3 Å². The number of rotatable bonds is 4. The topological polar surface area (TPSA) is 3.24 Å². The van der Waals surface area contributed by atoms with Crippen LogP contribution in [-0.4, -0.2) is 5.54 Å². The molecule has 1 nitrogen and oxygen atoms in total. The number of fused-ring (bicyclic) bond motifs is 3. The Morgan fingerprint density at radius 1 is 0.658 bits per heavy atom. The minimum Gasteiger partial charge on any atom is -0.336 e. The fraction of sp³-hybridized carbons (Fsp3) is 0.351. The first-order chi connectivity index (χ1) is 18.2. The third-order valence-electron chi connectivity index (χ3n) is 8.90. The van der Waals surface area contributed by atoms with E-state index in [4.69, 9.17) is 0 Å². The van der Waals surface area contributed by atoms with E-state index in [1.165, 1.54) is 82.4 Å². The van der Waals surface area contributed by atoms with Crippen molar-refractivity contribution in [3.8, 4) is 22.3 Å². The van der Waals surface area contributed by atoms with E-state index in [0.29, 0.717) is 5.92 Å². The van der Waals surface area contributed by atoms with Gasteiger partial charge in [-0.25, -0.2) is 0 Å². The van der Waals surface area contributed by atoms with Crippen molar-refractivity contribution in [2.24, 2.45) is 0 Å². The van der Waals surface area contributed by atoms with E-state index in [1.54, 1.807) is 0 Å². The van der Waals surface area contributed by atoms with Gasteiger partial charge in [-0.1, -0.05) is 99.8 Å². The lowest BCUT2D eigenvalue weighted by atomic mass is 9.78. The van der Waals surface area contributed by atoms with E-state index in [-0.39, 0.29) is 11.0 Å². The maximum absolute atomic E-state index is 2.63. The smallest absolute Gasteiger partial charge is 0.0454 e. The zero-order valence-electron chi connectivity index (χ0n) is 23.7. The zero-order valence-corrected chi connectivity index (χ0v) is 23.7. The molecule has 6 rings (SSSR count). The summed E-state index contributed by atoms with van der Waals surface area (Å²) in [5.74, 6) is 0.613. The second-order valence-electron chi connectivity index (χ2n) is 12.9. The second kappa shape index (κ2) is 9.45. The zero-order chi connectivity index (χ0) is 26.5. The van der Waals surface area contributed by atoms with E-state index in [0.717, 1.165) is 0 Å². The van der Waals surface area contributed by atoms with Gasteiger partial charge in [0.15, 0.2) is 0 Å². The van der Waals surface area contributed by atoms with Crippen LogP contribution in [0, 0.1) is 0 Å². The minimum atomic E-state index is -0.0808. The highest BCUT2D eigenvalue weighted by Crippen LogP contribution is 2.53. The normalized spacial score (nSPS) is 16.7. The number of anilines is 2. The second-order valence-corrected chi connectivity index (χ2v) is 12.9. The summed E-state index contributed by atoms with van der Waals surface area (Å²) in [6.07, 6.45) is 6.62. The van der Waals surface area contributed by atoms with Gasteiger partial charge in [0, 0.05) is 22.3 Å². The Balaban J connectivity index is 1.58. The molecule has 0 unspecified atom stereocenters. The Bertz CT molecular complexity index is 1450. The van der Waals surface area contributed by atoms with Crippen LogP contribution in [0.2, 0.25) is 0 Å². The molecular weight excluding hydrogens is 458 g/mol. The van der Waals surface area contributed by atoms with Crippen LogP contribution in [0.4, 0.5) is 11.4 Å². The van der Waals surface area contributed by atoms with Crippen molar-refractivity contribution in [1.29, 1.82) is 0 Å². The van der Waals surface area contributed by atoms with E-state index < -0.39 is 0 Å². The standard InChI is InChI=1S/C37H41N/c1-36(2,3)38(29-20-14-19-28(23-29)26-15-8-6-9-16-26)35-25-34-32(24-31(35)27-17-10-7-11-18-27)30-21-12-13-22-33(30)37(34,4)5/h6,8-9,12-16,19-25,27H,7,10-11,17-18H2,1-5H3. The van der Waals surface area contributed by atoms with E-state index in [9.17, 15) is 0 Å². The van der Waals surface area contributed by atoms with Gasteiger partial charge in [0.1, 0.15) is 0 Å². The van der Waals surface area contributed by atoms with Gasteiger partial charge < -0.3 is 4.90 Å². The molecule has 0 aliphatic heterocycles. The van der Waals surface area contributed by atoms with Gasteiger partial charge in [0.2, 0.25) is 0 Å². The van der Waals surface area contributed by atoms with Gasteiger partial charge in [-0.2, -0.15) is 0 Å². The van der Waals surface area contributed by atoms with Crippen molar-refractivity contribution >= 4 is 11.4 Å². The van der Waals surface area contributed by atoms with E-state index >= 15 is 0 Å². The fourth-order valence-electron chi connectivity index (χ4n) is 7.03. The molecule has 2 aliphatic rings. The molecule has 0 heterocycles. The molecule has 0 amide bonds. The van der Waals surface area contributed by atoms with Crippen LogP contribution in [0.3, 0.4) is 0 Å². The number of benzene rings is 4. The summed E-state index contributed by atoms with van der Waals surface area (Å²) in [5, 5.41) is 0. The summed E-state index contributed by atoms with van der Waals surface area (Å²) in [5.41, 5.74) is 12.4. The summed E-state index contributed by atoms with van der Waals surface area (Å²) in [6, 6.07) is 34.2. The molecule has 0 spiro atoms. The molecule has 0 radical (unpaired) electrons. The van der Waals surface area contributed by atoms with E-state index in [1.807, 2.05) is 0 Å². The van der Waals surface area contributed by atoms with Crippen LogP contribution in [-0.2, 0) is 5.41 Å². The molecule has 2 aliphatic carbocycles. The number of hydrogen-bond donors (Lipinski definition) is 0. The molecule has 4 aromatic rings. The lowest BCUT2D eigenvalue weighted by Gasteiger charge is -2.41. The van der Waals surface area contributed by atoms with Gasteiger partial charge >= 0.3 is 0 Å². The Labute approximate surface area is 229 Å². The largest absolute Gasteiger partial charge is 0.336 e. The van der Waals surface area contributed by atoms with Gasteiger partial charge in [-0.15, -0.1) is 0 Å². The van der Waals surface area contributed by atoms with Crippen LogP contribution in [0.5, 0.6) is 0 Å². The third kappa shape index (κ3) is 4.27. The molecular formula is C37H41N. The Kier molecular flexibility index (Phi) is 6.22. The molecule has 0 N–H and O–H groups in total. The maximum Gasteiger partial charge on any atom is 0.0454 e. The lowest BCUT2D eigenvalue weighted by molar-refractivity contribution is 0.442. The molecule has 1 saturated carbocycles. The first kappa shape index (κ1) is 25.0. The van der Waals surface area contributed by atoms with Crippen molar-refractivity contribution in [3.05, 3.63) is 108 Å². The molecule has 1 heteroatoms. The molecule has 0 saturated heterocycles. The molecule has 0 atom stereocenters. The minimum absolute atomic E-state index is 0.0127. The highest BCUT2D eigenvalue weighted by molar-refractivity contribution is 5.86. The third-order valence-corrected chi connectivity index (χ3v) is 8.90. The molecule has 194 valence electrons. The highest BCUT2D eigenvalue weighted by Gasteiger charge is 2.38. The van der Waals surface area contributed by atoms with Crippen molar-refractivity contribution < 1.29 is 0 Å². The van der Waals surface area contributed by atoms with Crippen molar-refractivity contribution in [2.75, 3.05) is 4.90 Å². The first-order valence-corrected chi connectivity index (χ1v) is 14.5. The monoisotopic (exact) mass is 499 g/mol. The fourth-order valence-corrected chi connectivity index (χ4v) is 7.03. The van der Waals surface area contributed by atoms with Gasteiger partial charge in [-0.3, -0.25) is 0 Å². The van der Waals surface area contributed by atoms with Crippen molar-refractivity contribution in [2.45, 2.75) is 83.6 Å². The average Bonchev–Trinajstić information content (AvgIpc) is 3.15. The Morgan fingerprint density at radius 3 is 2.08 bits per heavy atom. The summed E-state index contributed by atoms with van der Waals surface area (Å²) >= 11 is 0. The predicted octanol–water partition coefficient (Wildman–Crippen LogP) is 10.6. The maximum atomic E-state index is 2.63. The SMILES string of the molecule is CC1(C)c2ccccc2-c2cc(C3CCCCC3)c(N(c3cccc(-c4ccccc4)c3)C(C)(C)C)cc21. The number of hydrogen-bond acceptors (Lipinski definition) is 1. The molecule has 0 bridgehead atoms. The van der Waals surface area contributed by atoms with Crippen LogP contribution >= 0.6 is 0 Å². The number of nitrogens with zero attached hydrogens (tertiary/aromatic N) is 1. The first-order valence-electron chi connectivity index (χ1n) is 14.5. The van der Waals surface area contributed by atoms with Gasteiger partial charge in [0.05, 0.1) is 0 Å². The van der Waals surface area contributed by atoms with Crippen molar-refractivity contribution in [3.63, 3.8) is 0 Å². The summed E-state index contributed by atoms with van der Waals surface area (Å²) in [4.78, 5) is 2.63. The predicted molar refractivity (Wildman–Crippen MR) is 164 cm³/mol. The van der Waals surface area contributed by atoms with Crippen LogP contribution in [0.1, 0.15) is 89.3 Å². The summed E-state index contributed by atoms with van der Waals surface area (Å²) in [6.45, 7) is 11.9. The summed E-state index contributed by atoms with van der Waals surface area (Å²) in [7, 11) is 0. The Morgan fingerprint density at radius 2 is 1.34 bits per heavy atom. The van der Waals surface area contributed by atoms with Crippen molar-refractivity contribution in [1.82, 2.24) is 0 Å². The summed E-state index contributed by atoms with van der Waals surface area (Å²) < 4.78 is 0. The van der Waals surface area contributed by atoms with Crippen LogP contribution < -0.4 is 4.90 Å². The molecule has 4 aromatic carbocycles. The molecule has 0 aromatic heterocycles. The van der Waals surface area contributed by atoms with E-state index in [2.05, 4.69) is 131 Å². The molecule has 38 heavy (non-hydrogen) atoms. The quantitative estimate of drug-likeness (QED) is 0.270.